The zero-order chi connectivity index (χ0) is 46.4. The summed E-state index contributed by atoms with van der Waals surface area (Å²) < 4.78 is 7.15. The molecule has 8 fully saturated rings. The minimum atomic E-state index is 0.271. The summed E-state index contributed by atoms with van der Waals surface area (Å²) >= 11 is 0. The molecule has 0 spiro atoms. The molecule has 0 radical (unpaired) electrons. The van der Waals surface area contributed by atoms with E-state index < -0.39 is 0 Å². The fourth-order valence-electron chi connectivity index (χ4n) is 19.2. The third kappa shape index (κ3) is 9.01. The van der Waals surface area contributed by atoms with Crippen LogP contribution in [-0.2, 0) is 0 Å². The Morgan fingerprint density at radius 2 is 1.00 bits per heavy atom. The van der Waals surface area contributed by atoms with Crippen LogP contribution in [0.3, 0.4) is 0 Å². The molecular weight excluding hydrogens is 851 g/mol. The average molecular weight is 944 g/mol. The zero-order valence-corrected chi connectivity index (χ0v) is 43.7. The summed E-state index contributed by atoms with van der Waals surface area (Å²) in [5, 5.41) is 0. The van der Waals surface area contributed by atoms with Gasteiger partial charge in [-0.25, -0.2) is 0 Å². The first-order chi connectivity index (χ1) is 34.7. The van der Waals surface area contributed by atoms with Gasteiger partial charge in [-0.3, -0.25) is 4.90 Å². The highest BCUT2D eigenvalue weighted by Crippen LogP contribution is 2.55. The average Bonchev–Trinajstić information content (AvgIpc) is 3.99. The predicted octanol–water partition coefficient (Wildman–Crippen LogP) is 17.3. The monoisotopic (exact) mass is 944 g/mol. The van der Waals surface area contributed by atoms with E-state index in [0.29, 0.717) is 23.9 Å². The number of benzene rings is 3. The van der Waals surface area contributed by atoms with Gasteiger partial charge in [0.05, 0.1) is 6.04 Å². The van der Waals surface area contributed by atoms with Gasteiger partial charge >= 0.3 is 0 Å². The molecule has 4 nitrogen and oxygen atoms in total. The number of ether oxygens (including phenoxy) is 1. The number of anilines is 2. The van der Waals surface area contributed by atoms with Crippen LogP contribution in [0.1, 0.15) is 264 Å². The third-order valence-electron chi connectivity index (χ3n) is 22.2. The van der Waals surface area contributed by atoms with E-state index in [9.17, 15) is 0 Å². The maximum absolute atomic E-state index is 7.15. The number of fused-ring (bicyclic) bond motifs is 6. The van der Waals surface area contributed by atoms with Gasteiger partial charge in [-0.2, -0.15) is 0 Å². The van der Waals surface area contributed by atoms with Crippen molar-refractivity contribution in [1.29, 1.82) is 0 Å². The van der Waals surface area contributed by atoms with Crippen LogP contribution in [0.2, 0.25) is 0 Å². The fraction of sp³-hybridized carbons (Fsp3) is 0.727. The van der Waals surface area contributed by atoms with E-state index in [0.717, 1.165) is 53.9 Å². The van der Waals surface area contributed by atoms with Crippen molar-refractivity contribution in [1.82, 2.24) is 4.90 Å². The lowest BCUT2D eigenvalue weighted by molar-refractivity contribution is 0.0000897. The molecule has 8 saturated carbocycles. The van der Waals surface area contributed by atoms with Crippen LogP contribution in [0, 0.1) is 11.8 Å². The molecule has 0 amide bonds. The highest BCUT2D eigenvalue weighted by Gasteiger charge is 2.49. The molecule has 10 aliphatic rings. The zero-order valence-electron chi connectivity index (χ0n) is 43.7. The Balaban J connectivity index is 0.743. The van der Waals surface area contributed by atoms with E-state index in [2.05, 4.69) is 81.4 Å². The maximum Gasteiger partial charge on any atom is 0.126 e. The molecule has 0 bridgehead atoms. The molecule has 3 aromatic rings. The summed E-state index contributed by atoms with van der Waals surface area (Å²) in [6.07, 6.45) is 48.5. The molecule has 4 heteroatoms. The Morgan fingerprint density at radius 3 is 1.80 bits per heavy atom. The summed E-state index contributed by atoms with van der Waals surface area (Å²) in [5.74, 6) is 5.72. The first kappa shape index (κ1) is 46.8. The molecule has 2 aliphatic heterocycles. The highest BCUT2D eigenvalue weighted by molar-refractivity contribution is 5.66. The molecule has 0 aromatic heterocycles. The Morgan fingerprint density at radius 1 is 0.414 bits per heavy atom. The van der Waals surface area contributed by atoms with E-state index >= 15 is 0 Å². The van der Waals surface area contributed by atoms with Crippen LogP contribution in [-0.4, -0.2) is 53.3 Å². The Labute approximate surface area is 425 Å². The van der Waals surface area contributed by atoms with Crippen molar-refractivity contribution < 1.29 is 4.74 Å². The van der Waals surface area contributed by atoms with Gasteiger partial charge in [0.25, 0.3) is 0 Å². The first-order valence-electron chi connectivity index (χ1n) is 31.1. The second kappa shape index (κ2) is 21.1. The summed E-state index contributed by atoms with van der Waals surface area (Å²) in [6.45, 7) is 0. The van der Waals surface area contributed by atoms with Gasteiger partial charge < -0.3 is 14.5 Å². The normalized spacial score (nSPS) is 35.4. The van der Waals surface area contributed by atoms with Crippen molar-refractivity contribution >= 4 is 11.4 Å². The predicted molar refractivity (Wildman–Crippen MR) is 292 cm³/mol. The lowest BCUT2D eigenvalue weighted by Crippen LogP contribution is -2.55. The fourth-order valence-corrected chi connectivity index (χ4v) is 19.2. The van der Waals surface area contributed by atoms with Gasteiger partial charge in [-0.05, 0) is 174 Å². The van der Waals surface area contributed by atoms with Crippen LogP contribution in [0.5, 0.6) is 5.75 Å². The SMILES string of the molecule is c1ccc2c(c1)OC1C2CCCC1N(c1ccccc1C1CCCCC1)C1CCCC(C2CCCC(N(C3CCCCC3)C3CCC(c4cccc5c4C4CCCCC4N5C4CCCCC4)CC3)C2)C1. The summed E-state index contributed by atoms with van der Waals surface area (Å²) in [5.41, 5.74) is 10.1. The van der Waals surface area contributed by atoms with E-state index in [4.69, 9.17) is 4.74 Å². The van der Waals surface area contributed by atoms with Crippen molar-refractivity contribution in [3.8, 4) is 5.75 Å². The van der Waals surface area contributed by atoms with Crippen LogP contribution in [0.4, 0.5) is 11.4 Å². The molecule has 9 atom stereocenters. The molecule has 378 valence electrons. The van der Waals surface area contributed by atoms with E-state index in [1.165, 1.54) is 230 Å². The smallest absolute Gasteiger partial charge is 0.126 e. The Hall–Kier alpha value is -2.98. The topological polar surface area (TPSA) is 19.0 Å². The second-order valence-electron chi connectivity index (χ2n) is 25.9. The molecule has 70 heavy (non-hydrogen) atoms. The van der Waals surface area contributed by atoms with Crippen LogP contribution < -0.4 is 14.5 Å². The van der Waals surface area contributed by atoms with Crippen molar-refractivity contribution in [3.05, 3.63) is 89.0 Å². The van der Waals surface area contributed by atoms with E-state index in [-0.39, 0.29) is 6.10 Å². The summed E-state index contributed by atoms with van der Waals surface area (Å²) in [4.78, 5) is 9.48. The van der Waals surface area contributed by atoms with Gasteiger partial charge in [0, 0.05) is 65.0 Å². The molecule has 2 heterocycles. The van der Waals surface area contributed by atoms with Crippen LogP contribution in [0.25, 0.3) is 0 Å². The quantitative estimate of drug-likeness (QED) is 0.202. The molecule has 13 rings (SSSR count). The van der Waals surface area contributed by atoms with Gasteiger partial charge in [-0.15, -0.1) is 0 Å². The lowest BCUT2D eigenvalue weighted by atomic mass is 9.69. The Kier molecular flexibility index (Phi) is 14.1. The van der Waals surface area contributed by atoms with Crippen molar-refractivity contribution in [2.24, 2.45) is 11.8 Å². The molecule has 3 aromatic carbocycles. The van der Waals surface area contributed by atoms with Gasteiger partial charge in [0.1, 0.15) is 11.9 Å². The molecule has 8 aliphatic carbocycles. The number of hydrogen-bond donors (Lipinski definition) is 0. The van der Waals surface area contributed by atoms with Gasteiger partial charge in [-0.1, -0.05) is 151 Å². The number of hydrogen-bond acceptors (Lipinski definition) is 4. The highest BCUT2D eigenvalue weighted by atomic mass is 16.5. The van der Waals surface area contributed by atoms with Crippen LogP contribution >= 0.6 is 0 Å². The molecular formula is C66H93N3O. The van der Waals surface area contributed by atoms with Crippen molar-refractivity contribution in [2.75, 3.05) is 9.80 Å². The molecule has 0 saturated heterocycles. The summed E-state index contributed by atoms with van der Waals surface area (Å²) in [6, 6.07) is 31.8. The minimum Gasteiger partial charge on any atom is -0.487 e. The summed E-state index contributed by atoms with van der Waals surface area (Å²) in [7, 11) is 0. The van der Waals surface area contributed by atoms with Crippen molar-refractivity contribution in [3.63, 3.8) is 0 Å². The van der Waals surface area contributed by atoms with Crippen molar-refractivity contribution in [2.45, 2.75) is 290 Å². The number of para-hydroxylation sites is 2. The maximum atomic E-state index is 7.15. The third-order valence-corrected chi connectivity index (χ3v) is 22.2. The van der Waals surface area contributed by atoms with Gasteiger partial charge in [0.15, 0.2) is 0 Å². The number of nitrogens with zero attached hydrogens (tertiary/aromatic N) is 3. The first-order valence-corrected chi connectivity index (χ1v) is 31.1. The van der Waals surface area contributed by atoms with E-state index in [1.807, 2.05) is 11.1 Å². The van der Waals surface area contributed by atoms with Crippen LogP contribution in [0.15, 0.2) is 66.7 Å². The molecule has 9 unspecified atom stereocenters. The minimum absolute atomic E-state index is 0.271. The standard InChI is InChI=1S/C66H93N3O/c1-4-20-46(21-5-1)55-30-10-13-35-60(55)69(63-38-19-34-58-57-31-12-15-39-64(57)70-66(58)63)54-29-17-23-49(45-54)48-22-16-28-53(44-48)67(50-24-6-2-7-25-50)52-42-40-47(41-43-52)56-33-18-37-62-65(56)59-32-11-14-36-61(59)68(62)51-26-8-3-9-27-51/h10,12-13,15,18,30-31,33,35,37,39,46-54,58-59,61,63,66H,1-9,11,14,16-17,19-29,32,34,36,38,40-45H2. The van der Waals surface area contributed by atoms with Gasteiger partial charge in [0.2, 0.25) is 0 Å². The molecule has 0 N–H and O–H groups in total. The Bertz CT molecular complexity index is 2190. The lowest BCUT2D eigenvalue weighted by Gasteiger charge is -2.52. The van der Waals surface area contributed by atoms with E-state index in [1.54, 1.807) is 16.9 Å². The second-order valence-corrected chi connectivity index (χ2v) is 25.9. The largest absolute Gasteiger partial charge is 0.487 e. The number of rotatable bonds is 10.